The fraction of sp³-hybridized carbons (Fsp3) is 0.455. The lowest BCUT2D eigenvalue weighted by atomic mass is 9.98. The third kappa shape index (κ3) is 3.26. The largest absolute Gasteiger partial charge is 0.324 e. The van der Waals surface area contributed by atoms with Gasteiger partial charge >= 0.3 is 0 Å². The third-order valence-corrected chi connectivity index (χ3v) is 2.91. The van der Waals surface area contributed by atoms with Crippen molar-refractivity contribution in [3.05, 3.63) is 33.3 Å². The Kier molecular flexibility index (Phi) is 4.42. The Labute approximate surface area is 98.8 Å². The number of benzene rings is 1. The molecule has 0 amide bonds. The molecular weight excluding hydrogens is 261 g/mol. The standard InChI is InChI=1S/C11H15BrClN/c1-7(2)5-11(14)9-4-3-8(12)6-10(9)13/h3-4,6-7,11H,5,14H2,1-2H3/t11-/m0/s1. The minimum Gasteiger partial charge on any atom is -0.324 e. The first-order chi connectivity index (χ1) is 6.50. The van der Waals surface area contributed by atoms with Crippen LogP contribution in [0.1, 0.15) is 31.9 Å². The van der Waals surface area contributed by atoms with Gasteiger partial charge in [0.25, 0.3) is 0 Å². The molecule has 0 fully saturated rings. The summed E-state index contributed by atoms with van der Waals surface area (Å²) >= 11 is 9.47. The van der Waals surface area contributed by atoms with Crippen molar-refractivity contribution < 1.29 is 0 Å². The van der Waals surface area contributed by atoms with Crippen molar-refractivity contribution in [2.45, 2.75) is 26.3 Å². The summed E-state index contributed by atoms with van der Waals surface area (Å²) in [5.74, 6) is 0.588. The topological polar surface area (TPSA) is 26.0 Å². The predicted octanol–water partition coefficient (Wildman–Crippen LogP) is 4.15. The molecule has 1 nitrogen and oxygen atoms in total. The normalized spacial score (nSPS) is 13.3. The molecular formula is C11H15BrClN. The van der Waals surface area contributed by atoms with Crippen LogP contribution in [0.3, 0.4) is 0 Å². The van der Waals surface area contributed by atoms with E-state index in [4.69, 9.17) is 17.3 Å². The molecule has 0 aliphatic carbocycles. The lowest BCUT2D eigenvalue weighted by molar-refractivity contribution is 0.510. The Hall–Kier alpha value is -0.0500. The molecule has 1 aromatic rings. The molecule has 0 unspecified atom stereocenters. The lowest BCUT2D eigenvalue weighted by Crippen LogP contribution is -2.13. The molecule has 0 aliphatic heterocycles. The quantitative estimate of drug-likeness (QED) is 0.882. The average Bonchev–Trinajstić information content (AvgIpc) is 2.01. The second kappa shape index (κ2) is 5.15. The van der Waals surface area contributed by atoms with Crippen LogP contribution in [0.5, 0.6) is 0 Å². The van der Waals surface area contributed by atoms with E-state index in [0.29, 0.717) is 5.92 Å². The average molecular weight is 277 g/mol. The van der Waals surface area contributed by atoms with E-state index < -0.39 is 0 Å². The molecule has 78 valence electrons. The molecule has 1 atom stereocenters. The molecule has 0 saturated heterocycles. The maximum absolute atomic E-state index is 6.10. The summed E-state index contributed by atoms with van der Waals surface area (Å²) in [6.07, 6.45) is 0.960. The van der Waals surface area contributed by atoms with Gasteiger partial charge in [0, 0.05) is 15.5 Å². The van der Waals surface area contributed by atoms with Crippen molar-refractivity contribution in [1.82, 2.24) is 0 Å². The summed E-state index contributed by atoms with van der Waals surface area (Å²) in [5, 5.41) is 0.743. The molecule has 14 heavy (non-hydrogen) atoms. The van der Waals surface area contributed by atoms with E-state index in [2.05, 4.69) is 29.8 Å². The summed E-state index contributed by atoms with van der Waals surface area (Å²) in [4.78, 5) is 0. The van der Waals surface area contributed by atoms with Crippen molar-refractivity contribution in [1.29, 1.82) is 0 Å². The molecule has 1 aromatic carbocycles. The van der Waals surface area contributed by atoms with Crippen LogP contribution >= 0.6 is 27.5 Å². The van der Waals surface area contributed by atoms with Gasteiger partial charge < -0.3 is 5.73 Å². The maximum atomic E-state index is 6.10. The van der Waals surface area contributed by atoms with Gasteiger partial charge in [0.05, 0.1) is 0 Å². The summed E-state index contributed by atoms with van der Waals surface area (Å²) < 4.78 is 0.989. The van der Waals surface area contributed by atoms with Crippen LogP contribution in [0.2, 0.25) is 5.02 Å². The summed E-state index contributed by atoms with van der Waals surface area (Å²) in [7, 11) is 0. The SMILES string of the molecule is CC(C)C[C@H](N)c1ccc(Br)cc1Cl. The number of halogens is 2. The van der Waals surface area contributed by atoms with E-state index in [-0.39, 0.29) is 6.04 Å². The second-order valence-electron chi connectivity index (χ2n) is 3.90. The molecule has 0 aliphatic rings. The summed E-state index contributed by atoms with van der Waals surface area (Å²) in [6, 6.07) is 5.88. The van der Waals surface area contributed by atoms with Gasteiger partial charge in [-0.2, -0.15) is 0 Å². The summed E-state index contributed by atoms with van der Waals surface area (Å²) in [6.45, 7) is 4.32. The van der Waals surface area contributed by atoms with Crippen molar-refractivity contribution in [3.63, 3.8) is 0 Å². The van der Waals surface area contributed by atoms with Crippen LogP contribution in [0.15, 0.2) is 22.7 Å². The Morgan fingerprint density at radius 1 is 1.43 bits per heavy atom. The summed E-state index contributed by atoms with van der Waals surface area (Å²) in [5.41, 5.74) is 7.08. The van der Waals surface area contributed by atoms with Gasteiger partial charge in [-0.05, 0) is 30.0 Å². The molecule has 0 spiro atoms. The van der Waals surface area contributed by atoms with E-state index in [1.165, 1.54) is 0 Å². The molecule has 0 heterocycles. The Balaban J connectivity index is 2.84. The molecule has 0 aromatic heterocycles. The maximum Gasteiger partial charge on any atom is 0.0464 e. The first-order valence-corrected chi connectivity index (χ1v) is 5.88. The highest BCUT2D eigenvalue weighted by Crippen LogP contribution is 2.28. The van der Waals surface area contributed by atoms with Gasteiger partial charge in [-0.1, -0.05) is 47.4 Å². The second-order valence-corrected chi connectivity index (χ2v) is 5.22. The van der Waals surface area contributed by atoms with E-state index in [1.54, 1.807) is 0 Å². The Morgan fingerprint density at radius 3 is 2.57 bits per heavy atom. The Morgan fingerprint density at radius 2 is 2.07 bits per heavy atom. The molecule has 0 bridgehead atoms. The van der Waals surface area contributed by atoms with Crippen molar-refractivity contribution in [3.8, 4) is 0 Å². The van der Waals surface area contributed by atoms with E-state index >= 15 is 0 Å². The van der Waals surface area contributed by atoms with Crippen LogP contribution in [0.25, 0.3) is 0 Å². The zero-order chi connectivity index (χ0) is 10.7. The minimum atomic E-state index is 0.0376. The highest BCUT2D eigenvalue weighted by molar-refractivity contribution is 9.10. The number of hydrogen-bond acceptors (Lipinski definition) is 1. The molecule has 0 saturated carbocycles. The zero-order valence-electron chi connectivity index (χ0n) is 8.43. The minimum absolute atomic E-state index is 0.0376. The van der Waals surface area contributed by atoms with Gasteiger partial charge in [-0.25, -0.2) is 0 Å². The van der Waals surface area contributed by atoms with Crippen LogP contribution in [0, 0.1) is 5.92 Å². The van der Waals surface area contributed by atoms with E-state index in [1.807, 2.05) is 18.2 Å². The highest BCUT2D eigenvalue weighted by atomic mass is 79.9. The lowest BCUT2D eigenvalue weighted by Gasteiger charge is -2.15. The highest BCUT2D eigenvalue weighted by Gasteiger charge is 2.11. The first-order valence-electron chi connectivity index (χ1n) is 4.71. The van der Waals surface area contributed by atoms with Crippen LogP contribution in [-0.2, 0) is 0 Å². The van der Waals surface area contributed by atoms with Crippen molar-refractivity contribution in [2.75, 3.05) is 0 Å². The third-order valence-electron chi connectivity index (χ3n) is 2.09. The number of hydrogen-bond donors (Lipinski definition) is 1. The van der Waals surface area contributed by atoms with Gasteiger partial charge in [-0.15, -0.1) is 0 Å². The monoisotopic (exact) mass is 275 g/mol. The van der Waals surface area contributed by atoms with Crippen LogP contribution in [-0.4, -0.2) is 0 Å². The first kappa shape index (κ1) is 12.0. The fourth-order valence-corrected chi connectivity index (χ4v) is 2.25. The molecule has 2 N–H and O–H groups in total. The number of rotatable bonds is 3. The smallest absolute Gasteiger partial charge is 0.0464 e. The van der Waals surface area contributed by atoms with Crippen LogP contribution < -0.4 is 5.73 Å². The van der Waals surface area contributed by atoms with E-state index in [0.717, 1.165) is 21.5 Å². The number of nitrogens with two attached hydrogens (primary N) is 1. The van der Waals surface area contributed by atoms with Gasteiger partial charge in [-0.3, -0.25) is 0 Å². The molecule has 1 rings (SSSR count). The molecule has 3 heteroatoms. The van der Waals surface area contributed by atoms with Crippen molar-refractivity contribution >= 4 is 27.5 Å². The Bertz CT molecular complexity index is 312. The van der Waals surface area contributed by atoms with Gasteiger partial charge in [0.1, 0.15) is 0 Å². The molecule has 0 radical (unpaired) electrons. The van der Waals surface area contributed by atoms with Crippen molar-refractivity contribution in [2.24, 2.45) is 11.7 Å². The zero-order valence-corrected chi connectivity index (χ0v) is 10.8. The predicted molar refractivity (Wildman–Crippen MR) is 65.5 cm³/mol. The van der Waals surface area contributed by atoms with Crippen LogP contribution in [0.4, 0.5) is 0 Å². The van der Waals surface area contributed by atoms with Gasteiger partial charge in [0.2, 0.25) is 0 Å². The fourth-order valence-electron chi connectivity index (χ4n) is 1.44. The van der Waals surface area contributed by atoms with Gasteiger partial charge in [0.15, 0.2) is 0 Å². The van der Waals surface area contributed by atoms with E-state index in [9.17, 15) is 0 Å².